The Morgan fingerprint density at radius 1 is 1.27 bits per heavy atom. The molecule has 6 heteroatoms. The largest absolute Gasteiger partial charge is 0.497 e. The van der Waals surface area contributed by atoms with Crippen molar-refractivity contribution in [1.82, 2.24) is 14.3 Å². The number of aryl methyl sites for hydroxylation is 3. The number of anilines is 1. The summed E-state index contributed by atoms with van der Waals surface area (Å²) < 4.78 is 8.89. The van der Waals surface area contributed by atoms with E-state index in [4.69, 9.17) is 4.74 Å². The SMILES string of the molecule is COc1ccc2c(c1)c(C(=O)Nc1cc(C)n(C)n1)cn2C. The van der Waals surface area contributed by atoms with Crippen molar-refractivity contribution in [3.05, 3.63) is 41.7 Å². The maximum absolute atomic E-state index is 12.5. The summed E-state index contributed by atoms with van der Waals surface area (Å²) in [4.78, 5) is 12.5. The minimum absolute atomic E-state index is 0.183. The first-order valence-corrected chi connectivity index (χ1v) is 6.94. The molecule has 0 unspecified atom stereocenters. The fourth-order valence-corrected chi connectivity index (χ4v) is 2.48. The third-order valence-electron chi connectivity index (χ3n) is 3.80. The number of benzene rings is 1. The van der Waals surface area contributed by atoms with Gasteiger partial charge in [0, 0.05) is 43.0 Å². The van der Waals surface area contributed by atoms with Gasteiger partial charge in [-0.2, -0.15) is 5.10 Å². The molecule has 0 spiro atoms. The lowest BCUT2D eigenvalue weighted by Gasteiger charge is -2.02. The van der Waals surface area contributed by atoms with Crippen LogP contribution in [0.4, 0.5) is 5.82 Å². The molecule has 6 nitrogen and oxygen atoms in total. The molecule has 114 valence electrons. The summed E-state index contributed by atoms with van der Waals surface area (Å²) in [5, 5.41) is 7.94. The zero-order valence-corrected chi connectivity index (χ0v) is 13.0. The van der Waals surface area contributed by atoms with E-state index in [1.807, 2.05) is 56.0 Å². The smallest absolute Gasteiger partial charge is 0.259 e. The minimum atomic E-state index is -0.183. The third-order valence-corrected chi connectivity index (χ3v) is 3.80. The van der Waals surface area contributed by atoms with Gasteiger partial charge >= 0.3 is 0 Å². The molecule has 0 fully saturated rings. The van der Waals surface area contributed by atoms with Crippen molar-refractivity contribution < 1.29 is 9.53 Å². The number of carbonyl (C=O) groups is 1. The fourth-order valence-electron chi connectivity index (χ4n) is 2.48. The van der Waals surface area contributed by atoms with Crippen LogP contribution in [0.5, 0.6) is 5.75 Å². The summed E-state index contributed by atoms with van der Waals surface area (Å²) >= 11 is 0. The first kappa shape index (κ1) is 14.2. The van der Waals surface area contributed by atoms with E-state index in [-0.39, 0.29) is 5.91 Å². The van der Waals surface area contributed by atoms with Gasteiger partial charge in [-0.05, 0) is 25.1 Å². The highest BCUT2D eigenvalue weighted by atomic mass is 16.5. The van der Waals surface area contributed by atoms with Crippen LogP contribution in [0, 0.1) is 6.92 Å². The zero-order valence-electron chi connectivity index (χ0n) is 13.0. The number of fused-ring (bicyclic) bond motifs is 1. The van der Waals surface area contributed by atoms with Gasteiger partial charge in [0.05, 0.1) is 12.7 Å². The first-order valence-electron chi connectivity index (χ1n) is 6.94. The number of hydrogen-bond donors (Lipinski definition) is 1. The van der Waals surface area contributed by atoms with Crippen LogP contribution < -0.4 is 10.1 Å². The number of hydrogen-bond acceptors (Lipinski definition) is 3. The molecule has 3 aromatic rings. The number of rotatable bonds is 3. The topological polar surface area (TPSA) is 61.1 Å². The summed E-state index contributed by atoms with van der Waals surface area (Å²) in [7, 11) is 5.37. The fraction of sp³-hybridized carbons (Fsp3) is 0.250. The molecule has 1 amide bonds. The Hall–Kier alpha value is -2.76. The highest BCUT2D eigenvalue weighted by Crippen LogP contribution is 2.26. The quantitative estimate of drug-likeness (QED) is 0.808. The van der Waals surface area contributed by atoms with Gasteiger partial charge in [-0.3, -0.25) is 9.48 Å². The molecule has 0 aliphatic rings. The van der Waals surface area contributed by atoms with E-state index in [0.29, 0.717) is 11.4 Å². The molecule has 0 saturated heterocycles. The molecule has 0 bridgehead atoms. The molecule has 2 aromatic heterocycles. The summed E-state index contributed by atoms with van der Waals surface area (Å²) in [6.07, 6.45) is 1.81. The zero-order chi connectivity index (χ0) is 15.9. The van der Waals surface area contributed by atoms with E-state index >= 15 is 0 Å². The number of nitrogens with zero attached hydrogens (tertiary/aromatic N) is 3. The summed E-state index contributed by atoms with van der Waals surface area (Å²) in [5.74, 6) is 1.09. The summed E-state index contributed by atoms with van der Waals surface area (Å²) in [6, 6.07) is 7.53. The Morgan fingerprint density at radius 3 is 2.68 bits per heavy atom. The van der Waals surface area contributed by atoms with Gasteiger partial charge < -0.3 is 14.6 Å². The van der Waals surface area contributed by atoms with Crippen LogP contribution in [-0.4, -0.2) is 27.4 Å². The van der Waals surface area contributed by atoms with Gasteiger partial charge in [0.15, 0.2) is 5.82 Å². The summed E-state index contributed by atoms with van der Waals surface area (Å²) in [6.45, 7) is 1.94. The van der Waals surface area contributed by atoms with Crippen molar-refractivity contribution in [3.63, 3.8) is 0 Å². The van der Waals surface area contributed by atoms with Gasteiger partial charge in [-0.1, -0.05) is 0 Å². The second kappa shape index (κ2) is 5.22. The lowest BCUT2D eigenvalue weighted by Crippen LogP contribution is -2.12. The van der Waals surface area contributed by atoms with Crippen molar-refractivity contribution in [2.45, 2.75) is 6.92 Å². The van der Waals surface area contributed by atoms with Gasteiger partial charge in [-0.15, -0.1) is 0 Å². The van der Waals surface area contributed by atoms with Gasteiger partial charge in [-0.25, -0.2) is 0 Å². The number of methoxy groups -OCH3 is 1. The normalized spacial score (nSPS) is 10.9. The number of carbonyl (C=O) groups excluding carboxylic acids is 1. The number of aromatic nitrogens is 3. The van der Waals surface area contributed by atoms with Crippen molar-refractivity contribution in [2.75, 3.05) is 12.4 Å². The molecule has 2 heterocycles. The lowest BCUT2D eigenvalue weighted by molar-refractivity contribution is 0.102. The van der Waals surface area contributed by atoms with E-state index in [0.717, 1.165) is 22.3 Å². The Morgan fingerprint density at radius 2 is 2.05 bits per heavy atom. The predicted octanol–water partition coefficient (Wildman–Crippen LogP) is 2.48. The maximum Gasteiger partial charge on any atom is 0.259 e. The number of nitrogens with one attached hydrogen (secondary N) is 1. The molecule has 0 atom stereocenters. The highest BCUT2D eigenvalue weighted by Gasteiger charge is 2.16. The Bertz CT molecular complexity index is 841. The Kier molecular flexibility index (Phi) is 3.36. The second-order valence-corrected chi connectivity index (χ2v) is 5.29. The van der Waals surface area contributed by atoms with Gasteiger partial charge in [0.1, 0.15) is 5.75 Å². The minimum Gasteiger partial charge on any atom is -0.497 e. The van der Waals surface area contributed by atoms with E-state index in [1.165, 1.54) is 0 Å². The molecular formula is C16H18N4O2. The number of ether oxygens (including phenoxy) is 1. The lowest BCUT2D eigenvalue weighted by atomic mass is 10.1. The number of amides is 1. The van der Waals surface area contributed by atoms with Crippen molar-refractivity contribution >= 4 is 22.6 Å². The van der Waals surface area contributed by atoms with Gasteiger partial charge in [0.2, 0.25) is 0 Å². The standard InChI is InChI=1S/C16H18N4O2/c1-10-7-15(18-20(10)3)17-16(21)13-9-19(2)14-6-5-11(22-4)8-12(13)14/h5-9H,1-4H3,(H,17,18,21). The molecule has 0 saturated carbocycles. The molecule has 3 rings (SSSR count). The van der Waals surface area contributed by atoms with E-state index in [1.54, 1.807) is 11.8 Å². The molecular weight excluding hydrogens is 280 g/mol. The van der Waals surface area contributed by atoms with Crippen molar-refractivity contribution in [1.29, 1.82) is 0 Å². The van der Waals surface area contributed by atoms with Crippen LogP contribution in [-0.2, 0) is 14.1 Å². The Balaban J connectivity index is 1.99. The van der Waals surface area contributed by atoms with Crippen molar-refractivity contribution in [3.8, 4) is 5.75 Å². The summed E-state index contributed by atoms with van der Waals surface area (Å²) in [5.41, 5.74) is 2.55. The first-order chi connectivity index (χ1) is 10.5. The third kappa shape index (κ3) is 2.32. The van der Waals surface area contributed by atoms with Crippen molar-refractivity contribution in [2.24, 2.45) is 14.1 Å². The molecule has 0 aliphatic carbocycles. The predicted molar refractivity (Wildman–Crippen MR) is 85.4 cm³/mol. The van der Waals surface area contributed by atoms with E-state index in [2.05, 4.69) is 10.4 Å². The average molecular weight is 298 g/mol. The second-order valence-electron chi connectivity index (χ2n) is 5.29. The highest BCUT2D eigenvalue weighted by molar-refractivity contribution is 6.12. The monoisotopic (exact) mass is 298 g/mol. The van der Waals surface area contributed by atoms with E-state index < -0.39 is 0 Å². The molecule has 1 N–H and O–H groups in total. The van der Waals surface area contributed by atoms with Crippen LogP contribution in [0.2, 0.25) is 0 Å². The molecule has 0 aliphatic heterocycles. The maximum atomic E-state index is 12.5. The Labute approximate surface area is 128 Å². The van der Waals surface area contributed by atoms with E-state index in [9.17, 15) is 4.79 Å². The van der Waals surface area contributed by atoms with Crippen LogP contribution in [0.15, 0.2) is 30.5 Å². The van der Waals surface area contributed by atoms with Crippen LogP contribution >= 0.6 is 0 Å². The van der Waals surface area contributed by atoms with Gasteiger partial charge in [0.25, 0.3) is 5.91 Å². The van der Waals surface area contributed by atoms with Crippen LogP contribution in [0.25, 0.3) is 10.9 Å². The van der Waals surface area contributed by atoms with Crippen LogP contribution in [0.1, 0.15) is 16.1 Å². The average Bonchev–Trinajstić information content (AvgIpc) is 2.99. The van der Waals surface area contributed by atoms with Crippen LogP contribution in [0.3, 0.4) is 0 Å². The molecule has 22 heavy (non-hydrogen) atoms. The molecule has 1 aromatic carbocycles. The molecule has 0 radical (unpaired) electrons.